The smallest absolute Gasteiger partial charge is 0.131 e. The first-order chi connectivity index (χ1) is 9.43. The van der Waals surface area contributed by atoms with Gasteiger partial charge in [0.2, 0.25) is 0 Å². The molecule has 0 saturated heterocycles. The minimum Gasteiger partial charge on any atom is -0.496 e. The average Bonchev–Trinajstić information content (AvgIpc) is 2.42. The molecule has 0 fully saturated rings. The number of nitrogens with two attached hydrogens (primary N) is 1. The van der Waals surface area contributed by atoms with Crippen molar-refractivity contribution in [1.82, 2.24) is 0 Å². The largest absolute Gasteiger partial charge is 0.496 e. The molecule has 106 valence electrons. The van der Waals surface area contributed by atoms with Crippen LogP contribution < -0.4 is 10.5 Å². The van der Waals surface area contributed by atoms with E-state index in [1.165, 1.54) is 38.3 Å². The fourth-order valence-corrected chi connectivity index (χ4v) is 2.03. The van der Waals surface area contributed by atoms with Crippen molar-refractivity contribution in [2.75, 3.05) is 7.11 Å². The maximum atomic E-state index is 13.8. The number of benzene rings is 2. The molecule has 20 heavy (non-hydrogen) atoms. The summed E-state index contributed by atoms with van der Waals surface area (Å²) < 4.78 is 45.5. The quantitative estimate of drug-likeness (QED) is 0.935. The number of rotatable bonds is 3. The monoisotopic (exact) mass is 281 g/mol. The lowest BCUT2D eigenvalue weighted by Gasteiger charge is -2.17. The van der Waals surface area contributed by atoms with E-state index in [2.05, 4.69) is 0 Å². The van der Waals surface area contributed by atoms with Crippen molar-refractivity contribution in [1.29, 1.82) is 0 Å². The van der Waals surface area contributed by atoms with Gasteiger partial charge in [0, 0.05) is 17.2 Å². The van der Waals surface area contributed by atoms with Crippen LogP contribution in [0.2, 0.25) is 0 Å². The molecule has 0 bridgehead atoms. The van der Waals surface area contributed by atoms with Crippen molar-refractivity contribution in [3.05, 3.63) is 64.5 Å². The molecule has 2 aromatic carbocycles. The normalized spacial score (nSPS) is 12.3. The second-order valence-corrected chi connectivity index (χ2v) is 4.49. The average molecular weight is 281 g/mol. The fourth-order valence-electron chi connectivity index (χ4n) is 2.03. The van der Waals surface area contributed by atoms with Crippen LogP contribution >= 0.6 is 0 Å². The summed E-state index contributed by atoms with van der Waals surface area (Å²) in [5, 5.41) is 0. The Hall–Kier alpha value is -2.01. The van der Waals surface area contributed by atoms with Gasteiger partial charge in [-0.2, -0.15) is 0 Å². The van der Waals surface area contributed by atoms with E-state index in [-0.39, 0.29) is 11.1 Å². The Kier molecular flexibility index (Phi) is 3.99. The number of hydrogen-bond donors (Lipinski definition) is 1. The van der Waals surface area contributed by atoms with Gasteiger partial charge in [-0.3, -0.25) is 0 Å². The molecular weight excluding hydrogens is 267 g/mol. The molecule has 0 heterocycles. The molecule has 1 atom stereocenters. The molecule has 2 aromatic rings. The van der Waals surface area contributed by atoms with E-state index >= 15 is 0 Å². The standard InChI is InChI=1S/C15H14F3NO/c1-8-5-10(13(18)7-12(8)17)15(19)11-6-9(16)3-4-14(11)20-2/h3-7,15H,19H2,1-2H3. The molecule has 0 amide bonds. The van der Waals surface area contributed by atoms with Gasteiger partial charge in [-0.1, -0.05) is 0 Å². The van der Waals surface area contributed by atoms with Gasteiger partial charge in [-0.15, -0.1) is 0 Å². The highest BCUT2D eigenvalue weighted by molar-refractivity contribution is 5.43. The number of halogens is 3. The Morgan fingerprint density at radius 3 is 2.35 bits per heavy atom. The molecule has 2 N–H and O–H groups in total. The summed E-state index contributed by atoms with van der Waals surface area (Å²) in [5.74, 6) is -1.58. The van der Waals surface area contributed by atoms with Gasteiger partial charge in [0.1, 0.15) is 23.2 Å². The molecule has 0 saturated carbocycles. The van der Waals surface area contributed by atoms with Crippen LogP contribution in [0, 0.1) is 24.4 Å². The minimum absolute atomic E-state index is 0.0906. The third-order valence-corrected chi connectivity index (χ3v) is 3.14. The van der Waals surface area contributed by atoms with Gasteiger partial charge >= 0.3 is 0 Å². The van der Waals surface area contributed by atoms with E-state index in [0.717, 1.165) is 6.07 Å². The van der Waals surface area contributed by atoms with E-state index in [9.17, 15) is 13.2 Å². The van der Waals surface area contributed by atoms with Crippen LogP contribution in [0.1, 0.15) is 22.7 Å². The molecule has 5 heteroatoms. The van der Waals surface area contributed by atoms with Gasteiger partial charge in [-0.25, -0.2) is 13.2 Å². The van der Waals surface area contributed by atoms with Crippen molar-refractivity contribution < 1.29 is 17.9 Å². The zero-order valence-electron chi connectivity index (χ0n) is 11.1. The van der Waals surface area contributed by atoms with Crippen LogP contribution in [-0.2, 0) is 0 Å². The molecule has 0 aliphatic rings. The van der Waals surface area contributed by atoms with Crippen molar-refractivity contribution in [2.24, 2.45) is 5.73 Å². The Bertz CT molecular complexity index is 643. The highest BCUT2D eigenvalue weighted by atomic mass is 19.1. The molecule has 0 aliphatic heterocycles. The van der Waals surface area contributed by atoms with Crippen LogP contribution in [0.15, 0.2) is 30.3 Å². The van der Waals surface area contributed by atoms with Crippen molar-refractivity contribution >= 4 is 0 Å². The molecule has 0 spiro atoms. The van der Waals surface area contributed by atoms with Crippen LogP contribution in [0.25, 0.3) is 0 Å². The molecule has 0 radical (unpaired) electrons. The van der Waals surface area contributed by atoms with Gasteiger partial charge < -0.3 is 10.5 Å². The van der Waals surface area contributed by atoms with Crippen molar-refractivity contribution in [3.63, 3.8) is 0 Å². The first-order valence-electron chi connectivity index (χ1n) is 5.98. The summed E-state index contributed by atoms with van der Waals surface area (Å²) in [6.07, 6.45) is 0. The molecule has 2 rings (SSSR count). The van der Waals surface area contributed by atoms with Gasteiger partial charge in [0.25, 0.3) is 0 Å². The summed E-state index contributed by atoms with van der Waals surface area (Å²) in [6.45, 7) is 1.51. The second-order valence-electron chi connectivity index (χ2n) is 4.49. The SMILES string of the molecule is COc1ccc(F)cc1C(N)c1cc(C)c(F)cc1F. The van der Waals surface area contributed by atoms with Crippen molar-refractivity contribution in [2.45, 2.75) is 13.0 Å². The first kappa shape index (κ1) is 14.4. The lowest BCUT2D eigenvalue weighted by Crippen LogP contribution is -2.15. The zero-order chi connectivity index (χ0) is 14.9. The van der Waals surface area contributed by atoms with E-state index in [0.29, 0.717) is 11.3 Å². The van der Waals surface area contributed by atoms with E-state index in [1.54, 1.807) is 0 Å². The lowest BCUT2D eigenvalue weighted by molar-refractivity contribution is 0.406. The Morgan fingerprint density at radius 2 is 1.70 bits per heavy atom. The van der Waals surface area contributed by atoms with E-state index in [1.807, 2.05) is 0 Å². The Labute approximate surface area is 115 Å². The summed E-state index contributed by atoms with van der Waals surface area (Å²) in [7, 11) is 1.41. The number of hydrogen-bond acceptors (Lipinski definition) is 2. The third kappa shape index (κ3) is 2.63. The molecule has 2 nitrogen and oxygen atoms in total. The summed E-state index contributed by atoms with van der Waals surface area (Å²) in [5.41, 5.74) is 6.64. The van der Waals surface area contributed by atoms with Crippen LogP contribution in [0.5, 0.6) is 5.75 Å². The van der Waals surface area contributed by atoms with Gasteiger partial charge in [-0.05, 0) is 36.8 Å². The predicted octanol–water partition coefficient (Wildman–Crippen LogP) is 3.47. The fraction of sp³-hybridized carbons (Fsp3) is 0.200. The number of aryl methyl sites for hydroxylation is 1. The third-order valence-electron chi connectivity index (χ3n) is 3.14. The summed E-state index contributed by atoms with van der Waals surface area (Å²) >= 11 is 0. The molecule has 0 aliphatic carbocycles. The zero-order valence-corrected chi connectivity index (χ0v) is 11.1. The van der Waals surface area contributed by atoms with Crippen molar-refractivity contribution in [3.8, 4) is 5.75 Å². The molecule has 0 aromatic heterocycles. The second kappa shape index (κ2) is 5.54. The maximum absolute atomic E-state index is 13.8. The Morgan fingerprint density at radius 1 is 1.00 bits per heavy atom. The predicted molar refractivity (Wildman–Crippen MR) is 70.1 cm³/mol. The highest BCUT2D eigenvalue weighted by Gasteiger charge is 2.19. The molecular formula is C15H14F3NO. The number of methoxy groups -OCH3 is 1. The number of ether oxygens (including phenoxy) is 1. The molecule has 1 unspecified atom stereocenters. The van der Waals surface area contributed by atoms with Crippen LogP contribution in [-0.4, -0.2) is 7.11 Å². The summed E-state index contributed by atoms with van der Waals surface area (Å²) in [6, 6.07) is 4.97. The maximum Gasteiger partial charge on any atom is 0.131 e. The van der Waals surface area contributed by atoms with E-state index in [4.69, 9.17) is 10.5 Å². The first-order valence-corrected chi connectivity index (χ1v) is 5.98. The van der Waals surface area contributed by atoms with Gasteiger partial charge in [0.05, 0.1) is 13.2 Å². The van der Waals surface area contributed by atoms with Gasteiger partial charge in [0.15, 0.2) is 0 Å². The lowest BCUT2D eigenvalue weighted by atomic mass is 9.96. The summed E-state index contributed by atoms with van der Waals surface area (Å²) in [4.78, 5) is 0. The topological polar surface area (TPSA) is 35.2 Å². The highest BCUT2D eigenvalue weighted by Crippen LogP contribution is 2.31. The van der Waals surface area contributed by atoms with Crippen LogP contribution in [0.3, 0.4) is 0 Å². The van der Waals surface area contributed by atoms with E-state index < -0.39 is 23.5 Å². The van der Waals surface area contributed by atoms with Crippen LogP contribution in [0.4, 0.5) is 13.2 Å². The Balaban J connectivity index is 2.54. The minimum atomic E-state index is -0.944.